The molecule has 0 bridgehead atoms. The molecule has 0 spiro atoms. The smallest absolute Gasteiger partial charge is 0.260 e. The number of hydrogen-bond donors (Lipinski definition) is 1. The lowest BCUT2D eigenvalue weighted by Crippen LogP contribution is -2.42. The molecule has 0 aromatic heterocycles. The second-order valence-electron chi connectivity index (χ2n) is 6.43. The number of ether oxygens (including phenoxy) is 1. The van der Waals surface area contributed by atoms with Gasteiger partial charge in [-0.3, -0.25) is 4.79 Å². The van der Waals surface area contributed by atoms with Gasteiger partial charge in [-0.1, -0.05) is 42.8 Å². The molecule has 1 amide bonds. The maximum absolute atomic E-state index is 12.3. The second kappa shape index (κ2) is 8.15. The summed E-state index contributed by atoms with van der Waals surface area (Å²) in [5.74, 6) is 0.701. The maximum atomic E-state index is 12.3. The molecule has 3 rings (SSSR count). The van der Waals surface area contributed by atoms with Gasteiger partial charge in [0.2, 0.25) is 0 Å². The van der Waals surface area contributed by atoms with Gasteiger partial charge in [0.15, 0.2) is 6.10 Å². The number of amides is 1. The van der Waals surface area contributed by atoms with Crippen molar-refractivity contribution in [1.29, 1.82) is 0 Å². The van der Waals surface area contributed by atoms with Crippen LogP contribution < -0.4 is 10.1 Å². The number of rotatable bonds is 6. The predicted molar refractivity (Wildman–Crippen MR) is 97.3 cm³/mol. The molecule has 0 aliphatic carbocycles. The van der Waals surface area contributed by atoms with Crippen molar-refractivity contribution in [1.82, 2.24) is 10.2 Å². The van der Waals surface area contributed by atoms with E-state index in [0.717, 1.165) is 36.2 Å². The lowest BCUT2D eigenvalue weighted by molar-refractivity contribution is -0.127. The van der Waals surface area contributed by atoms with Crippen molar-refractivity contribution in [2.45, 2.75) is 32.3 Å². The highest BCUT2D eigenvalue weighted by atomic mass is 16.5. The normalized spacial score (nSPS) is 16.7. The van der Waals surface area contributed by atoms with Crippen LogP contribution in [0.3, 0.4) is 0 Å². The molecule has 0 radical (unpaired) electrons. The van der Waals surface area contributed by atoms with Crippen LogP contribution in [0.25, 0.3) is 10.8 Å². The van der Waals surface area contributed by atoms with Crippen LogP contribution in [0.4, 0.5) is 0 Å². The van der Waals surface area contributed by atoms with E-state index < -0.39 is 6.10 Å². The van der Waals surface area contributed by atoms with Crippen molar-refractivity contribution in [2.75, 3.05) is 26.2 Å². The third-order valence-electron chi connectivity index (χ3n) is 4.60. The molecule has 4 heteroatoms. The Balaban J connectivity index is 1.51. The molecule has 2 aromatic carbocycles. The molecule has 1 heterocycles. The van der Waals surface area contributed by atoms with Gasteiger partial charge in [0, 0.05) is 18.5 Å². The van der Waals surface area contributed by atoms with E-state index in [0.29, 0.717) is 6.54 Å². The molecule has 1 N–H and O–H groups in total. The average Bonchev–Trinajstić information content (AvgIpc) is 2.63. The van der Waals surface area contributed by atoms with Crippen LogP contribution >= 0.6 is 0 Å². The van der Waals surface area contributed by atoms with Crippen molar-refractivity contribution in [2.24, 2.45) is 0 Å². The van der Waals surface area contributed by atoms with Gasteiger partial charge < -0.3 is 15.0 Å². The Hall–Kier alpha value is -2.07. The van der Waals surface area contributed by atoms with Crippen LogP contribution in [-0.4, -0.2) is 43.1 Å². The summed E-state index contributed by atoms with van der Waals surface area (Å²) in [4.78, 5) is 14.7. The van der Waals surface area contributed by atoms with E-state index in [1.54, 1.807) is 6.92 Å². The highest BCUT2D eigenvalue weighted by Crippen LogP contribution is 2.25. The molecule has 1 fully saturated rings. The van der Waals surface area contributed by atoms with E-state index in [9.17, 15) is 4.79 Å². The summed E-state index contributed by atoms with van der Waals surface area (Å²) in [6.45, 7) is 5.71. The van der Waals surface area contributed by atoms with Crippen LogP contribution in [0.1, 0.15) is 26.2 Å². The quantitative estimate of drug-likeness (QED) is 0.886. The third-order valence-corrected chi connectivity index (χ3v) is 4.60. The SMILES string of the molecule is C[C@@H](Oc1cccc2ccccc12)C(=O)NCCN1CCCCC1. The molecular weight excluding hydrogens is 300 g/mol. The van der Waals surface area contributed by atoms with Crippen molar-refractivity contribution in [3.63, 3.8) is 0 Å². The van der Waals surface area contributed by atoms with Crippen molar-refractivity contribution in [3.8, 4) is 5.75 Å². The van der Waals surface area contributed by atoms with E-state index >= 15 is 0 Å². The molecule has 1 atom stereocenters. The van der Waals surface area contributed by atoms with E-state index in [-0.39, 0.29) is 5.91 Å². The Bertz CT molecular complexity index is 675. The fraction of sp³-hybridized carbons (Fsp3) is 0.450. The molecule has 4 nitrogen and oxygen atoms in total. The number of nitrogens with zero attached hydrogens (tertiary/aromatic N) is 1. The number of likely N-dealkylation sites (tertiary alicyclic amines) is 1. The first-order valence-electron chi connectivity index (χ1n) is 8.88. The predicted octanol–water partition coefficient (Wildman–Crippen LogP) is 3.21. The summed E-state index contributed by atoms with van der Waals surface area (Å²) in [6, 6.07) is 14.0. The molecule has 128 valence electrons. The first-order valence-corrected chi connectivity index (χ1v) is 8.88. The molecule has 1 saturated heterocycles. The van der Waals surface area contributed by atoms with Gasteiger partial charge in [-0.25, -0.2) is 0 Å². The topological polar surface area (TPSA) is 41.6 Å². The molecule has 0 unspecified atom stereocenters. The number of piperidine rings is 1. The highest BCUT2D eigenvalue weighted by molar-refractivity contribution is 5.89. The van der Waals surface area contributed by atoms with Gasteiger partial charge in [-0.15, -0.1) is 0 Å². The van der Waals surface area contributed by atoms with E-state index in [2.05, 4.69) is 10.2 Å². The van der Waals surface area contributed by atoms with Crippen molar-refractivity contribution < 1.29 is 9.53 Å². The summed E-state index contributed by atoms with van der Waals surface area (Å²) < 4.78 is 5.91. The second-order valence-corrected chi connectivity index (χ2v) is 6.43. The minimum Gasteiger partial charge on any atom is -0.480 e. The maximum Gasteiger partial charge on any atom is 0.260 e. The standard InChI is InChI=1S/C20H26N2O2/c1-16(20(23)21-12-15-22-13-5-2-6-14-22)24-19-11-7-9-17-8-3-4-10-18(17)19/h3-4,7-11,16H,2,5-6,12-15H2,1H3,(H,21,23)/t16-/m1/s1. The fourth-order valence-corrected chi connectivity index (χ4v) is 3.21. The summed E-state index contributed by atoms with van der Waals surface area (Å²) in [7, 11) is 0. The van der Waals surface area contributed by atoms with E-state index in [1.165, 1.54) is 19.3 Å². The number of carbonyl (C=O) groups is 1. The van der Waals surface area contributed by atoms with Crippen molar-refractivity contribution >= 4 is 16.7 Å². The number of benzene rings is 2. The fourth-order valence-electron chi connectivity index (χ4n) is 3.21. The minimum absolute atomic E-state index is 0.0556. The Morgan fingerprint density at radius 3 is 2.71 bits per heavy atom. The summed E-state index contributed by atoms with van der Waals surface area (Å²) >= 11 is 0. The lowest BCUT2D eigenvalue weighted by Gasteiger charge is -2.26. The lowest BCUT2D eigenvalue weighted by atomic mass is 10.1. The van der Waals surface area contributed by atoms with Crippen LogP contribution in [-0.2, 0) is 4.79 Å². The Morgan fingerprint density at radius 2 is 1.88 bits per heavy atom. The Morgan fingerprint density at radius 1 is 1.12 bits per heavy atom. The van der Waals surface area contributed by atoms with E-state index in [1.807, 2.05) is 42.5 Å². The molecule has 24 heavy (non-hydrogen) atoms. The number of nitrogens with one attached hydrogen (secondary N) is 1. The summed E-state index contributed by atoms with van der Waals surface area (Å²) in [5.41, 5.74) is 0. The zero-order valence-corrected chi connectivity index (χ0v) is 14.3. The van der Waals surface area contributed by atoms with Crippen LogP contribution in [0.5, 0.6) is 5.75 Å². The van der Waals surface area contributed by atoms with Gasteiger partial charge in [0.05, 0.1) is 0 Å². The van der Waals surface area contributed by atoms with Crippen LogP contribution in [0.15, 0.2) is 42.5 Å². The first kappa shape index (κ1) is 16.8. The Kier molecular flexibility index (Phi) is 5.70. The van der Waals surface area contributed by atoms with Crippen LogP contribution in [0.2, 0.25) is 0 Å². The molecule has 0 saturated carbocycles. The number of fused-ring (bicyclic) bond motifs is 1. The summed E-state index contributed by atoms with van der Waals surface area (Å²) in [5, 5.41) is 5.15. The zero-order valence-electron chi connectivity index (χ0n) is 14.3. The monoisotopic (exact) mass is 326 g/mol. The minimum atomic E-state index is -0.503. The highest BCUT2D eigenvalue weighted by Gasteiger charge is 2.16. The Labute approximate surface area is 143 Å². The average molecular weight is 326 g/mol. The molecular formula is C20H26N2O2. The first-order chi connectivity index (χ1) is 11.7. The van der Waals surface area contributed by atoms with Gasteiger partial charge in [-0.05, 0) is 44.3 Å². The van der Waals surface area contributed by atoms with Gasteiger partial charge in [-0.2, -0.15) is 0 Å². The van der Waals surface area contributed by atoms with Gasteiger partial charge in [0.1, 0.15) is 5.75 Å². The van der Waals surface area contributed by atoms with E-state index in [4.69, 9.17) is 4.74 Å². The molecule has 1 aliphatic rings. The third kappa shape index (κ3) is 4.26. The zero-order chi connectivity index (χ0) is 16.8. The number of hydrogen-bond acceptors (Lipinski definition) is 3. The number of carbonyl (C=O) groups excluding carboxylic acids is 1. The van der Waals surface area contributed by atoms with Crippen LogP contribution in [0, 0.1) is 0 Å². The van der Waals surface area contributed by atoms with Gasteiger partial charge >= 0.3 is 0 Å². The summed E-state index contributed by atoms with van der Waals surface area (Å²) in [6.07, 6.45) is 3.37. The largest absolute Gasteiger partial charge is 0.480 e. The molecule has 1 aliphatic heterocycles. The van der Waals surface area contributed by atoms with Crippen molar-refractivity contribution in [3.05, 3.63) is 42.5 Å². The molecule has 2 aromatic rings. The van der Waals surface area contributed by atoms with Gasteiger partial charge in [0.25, 0.3) is 5.91 Å².